The summed E-state index contributed by atoms with van der Waals surface area (Å²) in [6.07, 6.45) is 0. The summed E-state index contributed by atoms with van der Waals surface area (Å²) in [5, 5.41) is 4.04. The molecule has 3 nitrogen and oxygen atoms in total. The van der Waals surface area contributed by atoms with Crippen LogP contribution in [0.5, 0.6) is 0 Å². The molecule has 1 aromatic heterocycles. The van der Waals surface area contributed by atoms with E-state index in [-0.39, 0.29) is 6.04 Å². The summed E-state index contributed by atoms with van der Waals surface area (Å²) in [5.41, 5.74) is 10.1. The molecule has 0 fully saturated rings. The van der Waals surface area contributed by atoms with Crippen molar-refractivity contribution in [1.82, 2.24) is 5.16 Å². The van der Waals surface area contributed by atoms with E-state index in [1.807, 2.05) is 13.0 Å². The van der Waals surface area contributed by atoms with E-state index in [1.165, 1.54) is 11.1 Å². The van der Waals surface area contributed by atoms with Crippen molar-refractivity contribution in [3.8, 4) is 11.3 Å². The molecule has 3 heteroatoms. The first-order chi connectivity index (χ1) is 7.58. The van der Waals surface area contributed by atoms with Gasteiger partial charge in [-0.3, -0.25) is 0 Å². The Bertz CT molecular complexity index is 500. The highest BCUT2D eigenvalue weighted by molar-refractivity contribution is 5.63. The van der Waals surface area contributed by atoms with Gasteiger partial charge in [-0.05, 0) is 26.3 Å². The highest BCUT2D eigenvalue weighted by Gasteiger charge is 2.11. The maximum atomic E-state index is 5.73. The van der Waals surface area contributed by atoms with E-state index in [0.717, 1.165) is 17.0 Å². The van der Waals surface area contributed by atoms with Crippen molar-refractivity contribution in [3.63, 3.8) is 0 Å². The zero-order valence-electron chi connectivity index (χ0n) is 9.82. The number of rotatable bonds is 2. The first kappa shape index (κ1) is 10.9. The number of aryl methyl sites for hydroxylation is 2. The Labute approximate surface area is 95.3 Å². The van der Waals surface area contributed by atoms with Gasteiger partial charge in [0, 0.05) is 11.6 Å². The molecule has 0 saturated carbocycles. The van der Waals surface area contributed by atoms with Gasteiger partial charge in [0.05, 0.1) is 6.04 Å². The van der Waals surface area contributed by atoms with Crippen molar-refractivity contribution in [2.24, 2.45) is 5.73 Å². The molecular formula is C13H16N2O. The molecule has 0 amide bonds. The van der Waals surface area contributed by atoms with Crippen LogP contribution in [-0.4, -0.2) is 5.16 Å². The van der Waals surface area contributed by atoms with E-state index in [2.05, 4.69) is 37.2 Å². The number of hydrogen-bond acceptors (Lipinski definition) is 3. The lowest BCUT2D eigenvalue weighted by Crippen LogP contribution is -2.02. The van der Waals surface area contributed by atoms with Gasteiger partial charge < -0.3 is 10.3 Å². The first-order valence-electron chi connectivity index (χ1n) is 5.38. The van der Waals surface area contributed by atoms with E-state index in [1.54, 1.807) is 0 Å². The van der Waals surface area contributed by atoms with Gasteiger partial charge in [-0.15, -0.1) is 0 Å². The van der Waals surface area contributed by atoms with Crippen molar-refractivity contribution in [2.75, 3.05) is 0 Å². The fourth-order valence-electron chi connectivity index (χ4n) is 1.73. The third kappa shape index (κ3) is 1.99. The van der Waals surface area contributed by atoms with Crippen LogP contribution >= 0.6 is 0 Å². The fraction of sp³-hybridized carbons (Fsp3) is 0.308. The largest absolute Gasteiger partial charge is 0.359 e. The van der Waals surface area contributed by atoms with Crippen molar-refractivity contribution in [1.29, 1.82) is 0 Å². The maximum absolute atomic E-state index is 5.73. The van der Waals surface area contributed by atoms with E-state index >= 15 is 0 Å². The van der Waals surface area contributed by atoms with Gasteiger partial charge in [0.1, 0.15) is 5.69 Å². The Morgan fingerprint density at radius 2 is 2.00 bits per heavy atom. The molecule has 0 spiro atoms. The predicted octanol–water partition coefficient (Wildman–Crippen LogP) is 2.98. The summed E-state index contributed by atoms with van der Waals surface area (Å²) in [6.45, 7) is 6.03. The van der Waals surface area contributed by atoms with Gasteiger partial charge in [-0.2, -0.15) is 0 Å². The topological polar surface area (TPSA) is 52.0 Å². The Balaban J connectivity index is 2.42. The lowest BCUT2D eigenvalue weighted by Gasteiger charge is -2.02. The molecule has 16 heavy (non-hydrogen) atoms. The first-order valence-corrected chi connectivity index (χ1v) is 5.38. The van der Waals surface area contributed by atoms with Gasteiger partial charge in [-0.1, -0.05) is 28.9 Å². The highest BCUT2D eigenvalue weighted by Crippen LogP contribution is 2.25. The van der Waals surface area contributed by atoms with Crippen LogP contribution in [0.3, 0.4) is 0 Å². The summed E-state index contributed by atoms with van der Waals surface area (Å²) in [6, 6.07) is 8.06. The number of nitrogens with two attached hydrogens (primary N) is 1. The average Bonchev–Trinajstić information content (AvgIpc) is 2.66. The molecule has 84 valence electrons. The van der Waals surface area contributed by atoms with E-state index in [4.69, 9.17) is 10.3 Å². The summed E-state index contributed by atoms with van der Waals surface area (Å²) < 4.78 is 5.19. The Hall–Kier alpha value is -1.61. The zero-order chi connectivity index (χ0) is 11.7. The molecule has 1 aromatic carbocycles. The molecule has 2 aromatic rings. The van der Waals surface area contributed by atoms with Crippen LogP contribution in [0.4, 0.5) is 0 Å². The van der Waals surface area contributed by atoms with Crippen molar-refractivity contribution >= 4 is 0 Å². The van der Waals surface area contributed by atoms with Crippen LogP contribution in [0, 0.1) is 13.8 Å². The van der Waals surface area contributed by atoms with Gasteiger partial charge in [0.2, 0.25) is 0 Å². The van der Waals surface area contributed by atoms with Crippen molar-refractivity contribution in [2.45, 2.75) is 26.8 Å². The monoisotopic (exact) mass is 216 g/mol. The normalized spacial score (nSPS) is 12.8. The van der Waals surface area contributed by atoms with Crippen LogP contribution in [0.15, 0.2) is 28.8 Å². The second kappa shape index (κ2) is 4.10. The molecule has 1 unspecified atom stereocenters. The lowest BCUT2D eigenvalue weighted by molar-refractivity contribution is 0.369. The van der Waals surface area contributed by atoms with E-state index in [0.29, 0.717) is 0 Å². The molecule has 1 heterocycles. The number of hydrogen-bond donors (Lipinski definition) is 1. The van der Waals surface area contributed by atoms with Gasteiger partial charge in [-0.25, -0.2) is 0 Å². The molecule has 0 bridgehead atoms. The minimum Gasteiger partial charge on any atom is -0.359 e. The SMILES string of the molecule is Cc1ccc(-c2cc(C(C)N)on2)c(C)c1. The highest BCUT2D eigenvalue weighted by atomic mass is 16.5. The molecular weight excluding hydrogens is 200 g/mol. The lowest BCUT2D eigenvalue weighted by atomic mass is 10.0. The van der Waals surface area contributed by atoms with E-state index < -0.39 is 0 Å². The molecule has 1 atom stereocenters. The number of benzene rings is 1. The summed E-state index contributed by atoms with van der Waals surface area (Å²) in [4.78, 5) is 0. The Kier molecular flexibility index (Phi) is 2.79. The minimum atomic E-state index is -0.119. The van der Waals surface area contributed by atoms with Gasteiger partial charge in [0.15, 0.2) is 5.76 Å². The van der Waals surface area contributed by atoms with Crippen LogP contribution < -0.4 is 5.73 Å². The predicted molar refractivity (Wildman–Crippen MR) is 64.0 cm³/mol. The quantitative estimate of drug-likeness (QED) is 0.839. The van der Waals surface area contributed by atoms with Crippen LogP contribution in [0.2, 0.25) is 0 Å². The molecule has 0 saturated heterocycles. The van der Waals surface area contributed by atoms with Crippen LogP contribution in [-0.2, 0) is 0 Å². The Morgan fingerprint density at radius 1 is 1.25 bits per heavy atom. The molecule has 2 N–H and O–H groups in total. The minimum absolute atomic E-state index is 0.119. The molecule has 0 aliphatic rings. The van der Waals surface area contributed by atoms with Crippen LogP contribution in [0.1, 0.15) is 29.9 Å². The zero-order valence-corrected chi connectivity index (χ0v) is 9.82. The summed E-state index contributed by atoms with van der Waals surface area (Å²) >= 11 is 0. The smallest absolute Gasteiger partial charge is 0.153 e. The standard InChI is InChI=1S/C13H16N2O/c1-8-4-5-11(9(2)6-8)12-7-13(10(3)14)16-15-12/h4-7,10H,14H2,1-3H3. The maximum Gasteiger partial charge on any atom is 0.153 e. The third-order valence-electron chi connectivity index (χ3n) is 2.64. The molecule has 2 rings (SSSR count). The second-order valence-corrected chi connectivity index (χ2v) is 4.22. The van der Waals surface area contributed by atoms with Crippen LogP contribution in [0.25, 0.3) is 11.3 Å². The summed E-state index contributed by atoms with van der Waals surface area (Å²) in [7, 11) is 0. The fourth-order valence-corrected chi connectivity index (χ4v) is 1.73. The van der Waals surface area contributed by atoms with E-state index in [9.17, 15) is 0 Å². The van der Waals surface area contributed by atoms with Gasteiger partial charge >= 0.3 is 0 Å². The average molecular weight is 216 g/mol. The Morgan fingerprint density at radius 3 is 2.56 bits per heavy atom. The van der Waals surface area contributed by atoms with Crippen molar-refractivity contribution < 1.29 is 4.52 Å². The summed E-state index contributed by atoms with van der Waals surface area (Å²) in [5.74, 6) is 0.718. The molecule has 0 radical (unpaired) electrons. The number of aromatic nitrogens is 1. The third-order valence-corrected chi connectivity index (χ3v) is 2.64. The van der Waals surface area contributed by atoms with Gasteiger partial charge in [0.25, 0.3) is 0 Å². The molecule has 0 aliphatic heterocycles. The molecule has 0 aliphatic carbocycles. The number of nitrogens with zero attached hydrogens (tertiary/aromatic N) is 1. The second-order valence-electron chi connectivity index (χ2n) is 4.22. The van der Waals surface area contributed by atoms with Crippen molar-refractivity contribution in [3.05, 3.63) is 41.2 Å².